The van der Waals surface area contributed by atoms with Crippen LogP contribution < -0.4 is 9.47 Å². The second kappa shape index (κ2) is 7.67. The number of para-hydroxylation sites is 1. The number of thiazole rings is 1. The Morgan fingerprint density at radius 3 is 2.42 bits per heavy atom. The first-order valence-corrected chi connectivity index (χ1v) is 9.08. The summed E-state index contributed by atoms with van der Waals surface area (Å²) in [5, 5.41) is 19.5. The van der Waals surface area contributed by atoms with Crippen molar-refractivity contribution < 1.29 is 24.5 Å². The van der Waals surface area contributed by atoms with Crippen molar-refractivity contribution in [1.29, 1.82) is 0 Å². The molecule has 3 aromatic rings. The molecule has 0 bridgehead atoms. The van der Waals surface area contributed by atoms with Crippen molar-refractivity contribution in [2.24, 2.45) is 0 Å². The standard InChI is InChI=1S/C18H15NO5S2/c1-23-12-7-10(8-13(24-2)16(12)20)9-15(17(21)22)26-18-19-11-5-3-4-6-14(11)25-18/h3-9,20H,1-2H3,(H,21,22)/b15-9+. The second-order valence-corrected chi connectivity index (χ2v) is 7.46. The number of ether oxygens (including phenoxy) is 2. The van der Waals surface area contributed by atoms with Crippen molar-refractivity contribution in [2.45, 2.75) is 4.34 Å². The monoisotopic (exact) mass is 389 g/mol. The van der Waals surface area contributed by atoms with Crippen LogP contribution in [0.25, 0.3) is 16.3 Å². The van der Waals surface area contributed by atoms with E-state index < -0.39 is 5.97 Å². The van der Waals surface area contributed by atoms with Crippen LogP contribution in [0.15, 0.2) is 45.6 Å². The number of aromatic hydroxyl groups is 1. The van der Waals surface area contributed by atoms with Crippen molar-refractivity contribution >= 4 is 45.4 Å². The molecule has 2 aromatic carbocycles. The topological polar surface area (TPSA) is 88.9 Å². The lowest BCUT2D eigenvalue weighted by Crippen LogP contribution is -1.97. The summed E-state index contributed by atoms with van der Waals surface area (Å²) in [6.45, 7) is 0. The Hall–Kier alpha value is -2.71. The third-order valence-corrected chi connectivity index (χ3v) is 5.59. The van der Waals surface area contributed by atoms with Crippen LogP contribution in [0.1, 0.15) is 5.56 Å². The maximum atomic E-state index is 11.7. The van der Waals surface area contributed by atoms with Gasteiger partial charge in [0.1, 0.15) is 4.91 Å². The van der Waals surface area contributed by atoms with E-state index in [4.69, 9.17) is 9.47 Å². The number of nitrogens with zero attached hydrogens (tertiary/aromatic N) is 1. The first-order chi connectivity index (χ1) is 12.5. The number of thioether (sulfide) groups is 1. The van der Waals surface area contributed by atoms with Gasteiger partial charge in [-0.25, -0.2) is 9.78 Å². The molecule has 0 amide bonds. The molecule has 0 aliphatic heterocycles. The molecule has 134 valence electrons. The zero-order valence-electron chi connectivity index (χ0n) is 13.9. The molecule has 0 radical (unpaired) electrons. The maximum Gasteiger partial charge on any atom is 0.342 e. The van der Waals surface area contributed by atoms with E-state index in [1.807, 2.05) is 24.3 Å². The second-order valence-electron chi connectivity index (χ2n) is 5.14. The lowest BCUT2D eigenvalue weighted by atomic mass is 10.1. The average molecular weight is 389 g/mol. The maximum absolute atomic E-state index is 11.7. The van der Waals surface area contributed by atoms with Gasteiger partial charge in [0.25, 0.3) is 0 Å². The van der Waals surface area contributed by atoms with Crippen LogP contribution in [-0.2, 0) is 4.79 Å². The van der Waals surface area contributed by atoms with Gasteiger partial charge in [-0.15, -0.1) is 11.3 Å². The number of aliphatic carboxylic acids is 1. The van der Waals surface area contributed by atoms with Crippen LogP contribution in [0, 0.1) is 0 Å². The van der Waals surface area contributed by atoms with Gasteiger partial charge in [0.05, 0.1) is 24.4 Å². The number of carboxylic acids is 1. The predicted octanol–water partition coefficient (Wildman–Crippen LogP) is 4.24. The van der Waals surface area contributed by atoms with E-state index >= 15 is 0 Å². The number of hydrogen-bond acceptors (Lipinski definition) is 7. The normalized spacial score (nSPS) is 11.5. The van der Waals surface area contributed by atoms with Gasteiger partial charge in [-0.05, 0) is 35.9 Å². The van der Waals surface area contributed by atoms with E-state index in [-0.39, 0.29) is 22.2 Å². The van der Waals surface area contributed by atoms with Crippen molar-refractivity contribution in [3.05, 3.63) is 46.9 Å². The van der Waals surface area contributed by atoms with E-state index in [0.29, 0.717) is 9.90 Å². The number of hydrogen-bond donors (Lipinski definition) is 2. The Morgan fingerprint density at radius 2 is 1.85 bits per heavy atom. The predicted molar refractivity (Wildman–Crippen MR) is 102 cm³/mol. The van der Waals surface area contributed by atoms with Gasteiger partial charge in [0, 0.05) is 0 Å². The minimum absolute atomic E-state index is 0.0962. The fraction of sp³-hybridized carbons (Fsp3) is 0.111. The molecule has 0 fully saturated rings. The number of carbonyl (C=O) groups is 1. The van der Waals surface area contributed by atoms with E-state index in [0.717, 1.165) is 22.0 Å². The molecule has 1 aromatic heterocycles. The third-order valence-electron chi connectivity index (χ3n) is 3.48. The molecule has 1 heterocycles. The zero-order chi connectivity index (χ0) is 18.7. The number of fused-ring (bicyclic) bond motifs is 1. The molecule has 0 saturated heterocycles. The Kier molecular flexibility index (Phi) is 5.34. The first-order valence-electron chi connectivity index (χ1n) is 7.45. The zero-order valence-corrected chi connectivity index (χ0v) is 15.6. The minimum Gasteiger partial charge on any atom is -0.502 e. The fourth-order valence-electron chi connectivity index (χ4n) is 2.27. The van der Waals surface area contributed by atoms with Gasteiger partial charge < -0.3 is 19.7 Å². The van der Waals surface area contributed by atoms with Crippen LogP contribution in [0.2, 0.25) is 0 Å². The molecular formula is C18H15NO5S2. The van der Waals surface area contributed by atoms with Crippen LogP contribution >= 0.6 is 23.1 Å². The van der Waals surface area contributed by atoms with Gasteiger partial charge in [-0.2, -0.15) is 0 Å². The van der Waals surface area contributed by atoms with Crippen LogP contribution in [0.5, 0.6) is 17.2 Å². The van der Waals surface area contributed by atoms with Crippen molar-refractivity contribution in [3.8, 4) is 17.2 Å². The molecule has 0 atom stereocenters. The highest BCUT2D eigenvalue weighted by Crippen LogP contribution is 2.39. The molecule has 26 heavy (non-hydrogen) atoms. The highest BCUT2D eigenvalue weighted by Gasteiger charge is 2.16. The third kappa shape index (κ3) is 3.76. The summed E-state index contributed by atoms with van der Waals surface area (Å²) >= 11 is 2.50. The summed E-state index contributed by atoms with van der Waals surface area (Å²) in [5.41, 5.74) is 1.36. The van der Waals surface area contributed by atoms with E-state index in [2.05, 4.69) is 4.98 Å². The van der Waals surface area contributed by atoms with Crippen LogP contribution in [0.3, 0.4) is 0 Å². The number of benzene rings is 2. The summed E-state index contributed by atoms with van der Waals surface area (Å²) in [4.78, 5) is 16.2. The smallest absolute Gasteiger partial charge is 0.342 e. The van der Waals surface area contributed by atoms with Crippen molar-refractivity contribution in [3.63, 3.8) is 0 Å². The van der Waals surface area contributed by atoms with Crippen molar-refractivity contribution in [1.82, 2.24) is 4.98 Å². The molecule has 6 nitrogen and oxygen atoms in total. The number of carboxylic acid groups (broad SMARTS) is 1. The molecule has 0 aliphatic carbocycles. The molecule has 0 spiro atoms. The van der Waals surface area contributed by atoms with E-state index in [1.54, 1.807) is 12.1 Å². The fourth-order valence-corrected chi connectivity index (χ4v) is 4.29. The Morgan fingerprint density at radius 1 is 1.19 bits per heavy atom. The summed E-state index contributed by atoms with van der Waals surface area (Å²) in [6.07, 6.45) is 1.49. The van der Waals surface area contributed by atoms with Crippen LogP contribution in [-0.4, -0.2) is 35.4 Å². The molecule has 0 aliphatic rings. The summed E-state index contributed by atoms with van der Waals surface area (Å²) in [5.74, 6) is -0.807. The van der Waals surface area contributed by atoms with E-state index in [1.165, 1.54) is 31.6 Å². The number of rotatable bonds is 6. The van der Waals surface area contributed by atoms with Gasteiger partial charge >= 0.3 is 5.97 Å². The minimum atomic E-state index is -1.07. The largest absolute Gasteiger partial charge is 0.502 e. The Balaban J connectivity index is 1.98. The van der Waals surface area contributed by atoms with Gasteiger partial charge in [-0.3, -0.25) is 0 Å². The molecular weight excluding hydrogens is 374 g/mol. The molecule has 0 saturated carbocycles. The molecule has 3 rings (SSSR count). The Bertz CT molecular complexity index is 938. The summed E-state index contributed by atoms with van der Waals surface area (Å²) in [6, 6.07) is 10.7. The highest BCUT2D eigenvalue weighted by molar-refractivity contribution is 8.05. The van der Waals surface area contributed by atoms with E-state index in [9.17, 15) is 15.0 Å². The van der Waals surface area contributed by atoms with Gasteiger partial charge in [-0.1, -0.05) is 23.9 Å². The SMILES string of the molecule is COc1cc(/C=C(/Sc2nc3ccccc3s2)C(=O)O)cc(OC)c1O. The number of methoxy groups -OCH3 is 2. The first kappa shape index (κ1) is 18.1. The summed E-state index contributed by atoms with van der Waals surface area (Å²) in [7, 11) is 2.83. The molecule has 0 unspecified atom stereocenters. The molecule has 8 heteroatoms. The lowest BCUT2D eigenvalue weighted by molar-refractivity contribution is -0.131. The number of phenolic OH excluding ortho intramolecular Hbond substituents is 1. The van der Waals surface area contributed by atoms with Gasteiger partial charge in [0.2, 0.25) is 5.75 Å². The lowest BCUT2D eigenvalue weighted by Gasteiger charge is -2.10. The Labute approximate surface area is 157 Å². The van der Waals surface area contributed by atoms with Gasteiger partial charge in [0.15, 0.2) is 15.8 Å². The highest BCUT2D eigenvalue weighted by atomic mass is 32.2. The quantitative estimate of drug-likeness (QED) is 0.481. The van der Waals surface area contributed by atoms with Crippen molar-refractivity contribution in [2.75, 3.05) is 14.2 Å². The summed E-state index contributed by atoms with van der Waals surface area (Å²) < 4.78 is 11.8. The average Bonchev–Trinajstić information content (AvgIpc) is 3.04. The number of phenols is 1. The van der Waals surface area contributed by atoms with Crippen LogP contribution in [0.4, 0.5) is 0 Å². The number of aromatic nitrogens is 1. The molecule has 2 N–H and O–H groups in total.